The molecule has 0 aliphatic carbocycles. The highest BCUT2D eigenvalue weighted by atomic mass is 33.5. The summed E-state index contributed by atoms with van der Waals surface area (Å²) in [5.74, 6) is 0.521. The lowest BCUT2D eigenvalue weighted by atomic mass is 10.0. The van der Waals surface area contributed by atoms with Crippen molar-refractivity contribution in [1.82, 2.24) is 9.97 Å². The third-order valence-corrected chi connectivity index (χ3v) is 83.8. The van der Waals surface area contributed by atoms with Crippen LogP contribution in [0.15, 0.2) is 54.9 Å². The highest BCUT2D eigenvalue weighted by Gasteiger charge is 2.07. The Balaban J connectivity index is 0.000000517. The Labute approximate surface area is 438 Å². The van der Waals surface area contributed by atoms with E-state index in [9.17, 15) is 0 Å². The lowest BCUT2D eigenvalue weighted by Gasteiger charge is -2.06. The highest BCUT2D eigenvalue weighted by molar-refractivity contribution is 8.81. The van der Waals surface area contributed by atoms with Crippen molar-refractivity contribution in [2.24, 2.45) is 0 Å². The number of rotatable bonds is 1. The molecule has 0 saturated carbocycles. The zero-order valence-electron chi connectivity index (χ0n) is 25.1. The van der Waals surface area contributed by atoms with Gasteiger partial charge in [0.05, 0.1) is 5.52 Å². The topological polar surface area (TPSA) is 51.8 Å². The van der Waals surface area contributed by atoms with Gasteiger partial charge in [0.15, 0.2) is 0 Å². The number of hydrogen-bond acceptors (Lipinski definition) is 5. The van der Waals surface area contributed by atoms with Crippen LogP contribution in [-0.2, 0) is 351 Å². The number of fused-ring (bicyclic) bond motifs is 1. The molecule has 0 aliphatic rings. The van der Waals surface area contributed by atoms with E-state index in [1.807, 2.05) is 247 Å². The second kappa shape index (κ2) is 46.3. The van der Waals surface area contributed by atoms with E-state index in [1.165, 1.54) is 17.8 Å². The minimum absolute atomic E-state index is 0.521. The van der Waals surface area contributed by atoms with Crippen LogP contribution in [0.2, 0.25) is 0 Å². The summed E-state index contributed by atoms with van der Waals surface area (Å²) in [5, 5.41) is 0.897. The van der Waals surface area contributed by atoms with Crippen molar-refractivity contribution in [3.8, 4) is 11.1 Å². The van der Waals surface area contributed by atoms with Gasteiger partial charge in [0, 0.05) is 374 Å². The van der Waals surface area contributed by atoms with Crippen molar-refractivity contribution in [3.05, 3.63) is 54.9 Å². The first-order valence-electron chi connectivity index (χ1n) is 11.7. The summed E-state index contributed by atoms with van der Waals surface area (Å²) >= 11 is 9.60. The largest absolute Gasteiger partial charge is 0.383 e. The van der Waals surface area contributed by atoms with Gasteiger partial charge in [-0.15, -0.1) is 0 Å². The van der Waals surface area contributed by atoms with Crippen LogP contribution < -0.4 is 5.73 Å². The van der Waals surface area contributed by atoms with Gasteiger partial charge in [0.1, 0.15) is 5.82 Å². The number of anilines is 1. The number of benzene rings is 1. The Kier molecular flexibility index (Phi) is 48.2. The van der Waals surface area contributed by atoms with E-state index in [0.29, 0.717) is 5.82 Å². The molecular formula is C14H11N3S39. The number of nitrogens with two attached hydrogens (primary N) is 1. The molecule has 2 aromatic heterocycles. The van der Waals surface area contributed by atoms with Gasteiger partial charge in [-0.3, -0.25) is 4.98 Å². The molecule has 3 aromatic rings. The van der Waals surface area contributed by atoms with Gasteiger partial charge in [0.2, 0.25) is 0 Å². The molecule has 42 heteroatoms. The summed E-state index contributed by atoms with van der Waals surface area (Å²) in [4.78, 5) is 8.62. The Morgan fingerprint density at radius 3 is 0.964 bits per heavy atom. The Morgan fingerprint density at radius 1 is 0.357 bits per heavy atom. The molecule has 1 aromatic carbocycles. The minimum Gasteiger partial charge on any atom is -0.383 e. The van der Waals surface area contributed by atoms with Gasteiger partial charge < -0.3 is 5.73 Å². The third-order valence-electron chi connectivity index (χ3n) is 3.76. The van der Waals surface area contributed by atoms with Crippen molar-refractivity contribution >= 4 is 368 Å². The molecular weight excluding hydrogens is 1460 g/mol. The molecule has 0 atom stereocenters. The van der Waals surface area contributed by atoms with Crippen LogP contribution in [0.5, 0.6) is 0 Å². The van der Waals surface area contributed by atoms with E-state index >= 15 is 0 Å². The van der Waals surface area contributed by atoms with E-state index in [2.05, 4.69) is 9.97 Å². The molecule has 3 rings (SSSR count). The van der Waals surface area contributed by atoms with Gasteiger partial charge in [-0.05, 0) is 17.7 Å². The molecule has 0 fully saturated rings. The summed E-state index contributed by atoms with van der Waals surface area (Å²) in [5.41, 5.74) is 8.86. The minimum atomic E-state index is 0.521. The quantitative estimate of drug-likeness (QED) is 0.407. The fourth-order valence-electron chi connectivity index (χ4n) is 2.32. The van der Waals surface area contributed by atoms with E-state index in [4.69, 9.17) is 28.1 Å². The monoisotopic (exact) mass is 1470 g/mol. The van der Waals surface area contributed by atoms with Crippen molar-refractivity contribution in [1.29, 1.82) is 0 Å². The van der Waals surface area contributed by atoms with Crippen LogP contribution in [0.25, 0.3) is 22.0 Å². The zero-order valence-corrected chi connectivity index (χ0v) is 56.9. The molecule has 56 heavy (non-hydrogen) atoms. The van der Waals surface area contributed by atoms with Gasteiger partial charge in [-0.1, -0.05) is 30.3 Å². The fourth-order valence-corrected chi connectivity index (χ4v) is 98.4. The SMILES string of the molecule is Nc1ncc(-c2ccccc2)c2ncccc12.S=S=S=S=S=S=S=S=S=S=S=S=S=S=S=S=S=S=S=S=S=S=S=S=S=S=S=S=S=S=S=S=S=S=S=S=S=S=S. The first kappa shape index (κ1) is 58.3. The maximum Gasteiger partial charge on any atom is 0.132 e. The fraction of sp³-hybridized carbons (Fsp3) is 0. The number of nitrogen functional groups attached to an aromatic ring is 1. The molecule has 0 unspecified atom stereocenters. The molecule has 0 bridgehead atoms. The Hall–Kier alpha value is 6.16. The second-order valence-electron chi connectivity index (χ2n) is 6.34. The maximum atomic E-state index is 5.85. The van der Waals surface area contributed by atoms with E-state index in [0.717, 1.165) is 22.0 Å². The van der Waals surface area contributed by atoms with Crippen molar-refractivity contribution < 1.29 is 0 Å². The molecule has 2 N–H and O–H groups in total. The lowest BCUT2D eigenvalue weighted by Crippen LogP contribution is -1.94. The summed E-state index contributed by atoms with van der Waals surface area (Å²) < 4.78 is 0. The van der Waals surface area contributed by atoms with Crippen molar-refractivity contribution in [2.45, 2.75) is 0 Å². The molecule has 0 aliphatic heterocycles. The first-order valence-corrected chi connectivity index (χ1v) is 62.4. The average molecular weight is 1470 g/mol. The smallest absolute Gasteiger partial charge is 0.132 e. The van der Waals surface area contributed by atoms with Gasteiger partial charge >= 0.3 is 0 Å². The van der Waals surface area contributed by atoms with Crippen LogP contribution >= 0.6 is 0 Å². The number of pyridine rings is 2. The highest BCUT2D eigenvalue weighted by Crippen LogP contribution is 2.28. The normalized spacial score (nSPS) is 8.57. The molecule has 0 radical (unpaired) electrons. The molecule has 0 amide bonds. The van der Waals surface area contributed by atoms with Crippen LogP contribution in [-0.4, -0.2) is 9.97 Å². The van der Waals surface area contributed by atoms with Crippen molar-refractivity contribution in [3.63, 3.8) is 0 Å². The lowest BCUT2D eigenvalue weighted by molar-refractivity contribution is 1.33. The second-order valence-corrected chi connectivity index (χ2v) is 71.8. The third kappa shape index (κ3) is 34.5. The Morgan fingerprint density at radius 2 is 0.661 bits per heavy atom. The summed E-state index contributed by atoms with van der Waals surface area (Å²) in [6, 6.07) is 13.9. The number of nitrogens with zero attached hydrogens (tertiary/aromatic N) is 2. The molecule has 316 valence electrons. The van der Waals surface area contributed by atoms with E-state index < -0.39 is 0 Å². The van der Waals surface area contributed by atoms with Crippen LogP contribution in [0, 0.1) is 0 Å². The molecule has 0 spiro atoms. The Bertz CT molecular complexity index is 3430. The van der Waals surface area contributed by atoms with Gasteiger partial charge in [-0.25, -0.2) is 4.98 Å². The molecule has 0 saturated heterocycles. The summed E-state index contributed by atoms with van der Waals surface area (Å²) in [6.07, 6.45) is 3.55. The van der Waals surface area contributed by atoms with Gasteiger partial charge in [-0.2, -0.15) is 0 Å². The average Bonchev–Trinajstić information content (AvgIpc) is 3.23. The van der Waals surface area contributed by atoms with Gasteiger partial charge in [0.25, 0.3) is 0 Å². The van der Waals surface area contributed by atoms with Crippen molar-refractivity contribution in [2.75, 3.05) is 5.73 Å². The van der Waals surface area contributed by atoms with Crippen LogP contribution in [0.1, 0.15) is 0 Å². The van der Waals surface area contributed by atoms with Crippen LogP contribution in [0.4, 0.5) is 5.82 Å². The standard InChI is InChI=1S/C14H11N3.S39/c15-14-11-7-4-8-16-13(11)12(9-17-14)10-5-2-1-3-6-10;1-3-5-7-9-11-13-15-17-19-21-23-25-27-29-31-33-35-37-39-38-36-34-32-30-28-26-24-22-20-18-16-14-12-10-8-6-4-2/h1-9H,(H2,15,17);. The van der Waals surface area contributed by atoms with E-state index in [-0.39, 0.29) is 0 Å². The predicted molar refractivity (Wildman–Crippen MR) is 357 cm³/mol. The van der Waals surface area contributed by atoms with E-state index in [1.54, 1.807) is 119 Å². The zero-order chi connectivity index (χ0) is 39.8. The van der Waals surface area contributed by atoms with Crippen LogP contribution in [0.3, 0.4) is 0 Å². The molecule has 3 nitrogen and oxygen atoms in total. The predicted octanol–water partition coefficient (Wildman–Crippen LogP) is 2.79. The summed E-state index contributed by atoms with van der Waals surface area (Å²) in [6.45, 7) is 0. The first-order chi connectivity index (χ1) is 27.8. The molecule has 2 heterocycles. The number of hydrogen-bond donors (Lipinski definition) is 1. The summed E-state index contributed by atoms with van der Waals surface area (Å²) in [7, 11) is 65.6. The number of aromatic nitrogens is 2. The maximum absolute atomic E-state index is 5.85.